The molecule has 0 radical (unpaired) electrons. The predicted molar refractivity (Wildman–Crippen MR) is 94.6 cm³/mol. The monoisotopic (exact) mass is 334 g/mol. The molecule has 5 heteroatoms. The van der Waals surface area contributed by atoms with E-state index in [0.717, 1.165) is 16.5 Å². The number of hydrogen-bond acceptors (Lipinski definition) is 2. The van der Waals surface area contributed by atoms with E-state index in [9.17, 15) is 14.7 Å². The van der Waals surface area contributed by atoms with Gasteiger partial charge in [-0.1, -0.05) is 36.4 Å². The van der Waals surface area contributed by atoms with E-state index in [0.29, 0.717) is 17.7 Å². The van der Waals surface area contributed by atoms with Gasteiger partial charge in [0.2, 0.25) is 0 Å². The van der Waals surface area contributed by atoms with Gasteiger partial charge in [0.15, 0.2) is 0 Å². The van der Waals surface area contributed by atoms with Gasteiger partial charge in [-0.15, -0.1) is 0 Å². The maximum atomic E-state index is 13.0. The topological polar surface area (TPSA) is 73.4 Å². The Morgan fingerprint density at radius 2 is 1.84 bits per heavy atom. The number of H-pyrrole nitrogens is 1. The average Bonchev–Trinajstić information content (AvgIpc) is 3.05. The molecule has 5 nitrogen and oxygen atoms in total. The molecule has 0 fully saturated rings. The maximum absolute atomic E-state index is 13.0. The number of likely N-dealkylation sites (N-methyl/N-ethyl adjacent to an activating group) is 1. The number of carboxylic acids is 1. The van der Waals surface area contributed by atoms with Crippen LogP contribution in [0.4, 0.5) is 0 Å². The number of amides is 1. The molecule has 0 bridgehead atoms. The molecule has 4 rings (SSSR count). The van der Waals surface area contributed by atoms with Crippen molar-refractivity contribution in [2.24, 2.45) is 0 Å². The lowest BCUT2D eigenvalue weighted by molar-refractivity contribution is -0.140. The van der Waals surface area contributed by atoms with E-state index in [1.165, 1.54) is 0 Å². The Hall–Kier alpha value is -3.08. The molecular formula is C20H18N2O3. The molecule has 0 saturated carbocycles. The van der Waals surface area contributed by atoms with E-state index in [1.54, 1.807) is 29.2 Å². The van der Waals surface area contributed by atoms with E-state index < -0.39 is 17.9 Å². The molecule has 1 aliphatic heterocycles. The van der Waals surface area contributed by atoms with Crippen LogP contribution in [0.1, 0.15) is 40.4 Å². The maximum Gasteiger partial charge on any atom is 0.313 e. The average molecular weight is 334 g/mol. The summed E-state index contributed by atoms with van der Waals surface area (Å²) < 4.78 is 0. The number of para-hydroxylation sites is 1. The van der Waals surface area contributed by atoms with E-state index in [1.807, 2.05) is 37.4 Å². The largest absolute Gasteiger partial charge is 0.481 e. The van der Waals surface area contributed by atoms with Crippen LogP contribution in [0.2, 0.25) is 0 Å². The summed E-state index contributed by atoms with van der Waals surface area (Å²) in [6, 6.07) is 14.2. The van der Waals surface area contributed by atoms with Crippen molar-refractivity contribution in [3.63, 3.8) is 0 Å². The third-order valence-electron chi connectivity index (χ3n) is 4.99. The van der Waals surface area contributed by atoms with Crippen molar-refractivity contribution in [3.8, 4) is 0 Å². The molecule has 126 valence electrons. The van der Waals surface area contributed by atoms with E-state index >= 15 is 0 Å². The Kier molecular flexibility index (Phi) is 3.57. The number of aliphatic carboxylic acids is 1. The van der Waals surface area contributed by atoms with Gasteiger partial charge in [-0.05, 0) is 24.6 Å². The quantitative estimate of drug-likeness (QED) is 0.769. The number of carboxylic acid groups (broad SMARTS) is 1. The molecule has 2 N–H and O–H groups in total. The van der Waals surface area contributed by atoms with E-state index in [2.05, 4.69) is 4.98 Å². The van der Waals surface area contributed by atoms with Crippen LogP contribution in [0.5, 0.6) is 0 Å². The zero-order valence-corrected chi connectivity index (χ0v) is 13.8. The smallest absolute Gasteiger partial charge is 0.313 e. The van der Waals surface area contributed by atoms with Crippen LogP contribution in [0.25, 0.3) is 10.9 Å². The molecule has 25 heavy (non-hydrogen) atoms. The van der Waals surface area contributed by atoms with Gasteiger partial charge in [0.05, 0.1) is 6.04 Å². The third-order valence-corrected chi connectivity index (χ3v) is 4.99. The van der Waals surface area contributed by atoms with Gasteiger partial charge in [0.1, 0.15) is 5.92 Å². The van der Waals surface area contributed by atoms with Gasteiger partial charge < -0.3 is 15.0 Å². The number of benzene rings is 2. The van der Waals surface area contributed by atoms with E-state index in [4.69, 9.17) is 0 Å². The molecule has 1 amide bonds. The van der Waals surface area contributed by atoms with Crippen molar-refractivity contribution < 1.29 is 14.7 Å². The predicted octanol–water partition coefficient (Wildman–Crippen LogP) is 3.55. The SMILES string of the molecule is CCN1C(=O)c2ccccc2[C@H](C(=O)O)[C@H]1c1c[nH]c2ccccc12. The Morgan fingerprint density at radius 1 is 1.12 bits per heavy atom. The first kappa shape index (κ1) is 15.4. The number of rotatable bonds is 3. The molecule has 0 aliphatic carbocycles. The Morgan fingerprint density at radius 3 is 2.60 bits per heavy atom. The van der Waals surface area contributed by atoms with Crippen LogP contribution in [0.15, 0.2) is 54.7 Å². The van der Waals surface area contributed by atoms with Crippen LogP contribution in [0, 0.1) is 0 Å². The fraction of sp³-hybridized carbons (Fsp3) is 0.200. The summed E-state index contributed by atoms with van der Waals surface area (Å²) in [5.41, 5.74) is 2.84. The second-order valence-electron chi connectivity index (χ2n) is 6.23. The van der Waals surface area contributed by atoms with Crippen LogP contribution in [-0.2, 0) is 4.79 Å². The lowest BCUT2D eigenvalue weighted by Crippen LogP contribution is -2.44. The van der Waals surface area contributed by atoms with Gasteiger partial charge in [0.25, 0.3) is 5.91 Å². The minimum absolute atomic E-state index is 0.120. The third kappa shape index (κ3) is 2.23. The summed E-state index contributed by atoms with van der Waals surface area (Å²) in [7, 11) is 0. The van der Waals surface area contributed by atoms with Gasteiger partial charge >= 0.3 is 5.97 Å². The molecule has 0 saturated heterocycles. The number of hydrogen-bond donors (Lipinski definition) is 2. The van der Waals surface area contributed by atoms with Gasteiger partial charge in [0, 0.05) is 34.8 Å². The van der Waals surface area contributed by atoms with Gasteiger partial charge in [-0.25, -0.2) is 0 Å². The molecule has 1 aliphatic rings. The highest BCUT2D eigenvalue weighted by molar-refractivity contribution is 6.01. The lowest BCUT2D eigenvalue weighted by Gasteiger charge is -2.40. The normalized spacial score (nSPS) is 19.9. The highest BCUT2D eigenvalue weighted by atomic mass is 16.4. The summed E-state index contributed by atoms with van der Waals surface area (Å²) in [4.78, 5) is 30.0. The zero-order chi connectivity index (χ0) is 17.6. The molecule has 2 aromatic carbocycles. The first-order chi connectivity index (χ1) is 12.1. The molecule has 2 atom stereocenters. The van der Waals surface area contributed by atoms with Crippen molar-refractivity contribution in [2.75, 3.05) is 6.54 Å². The second kappa shape index (κ2) is 5.77. The van der Waals surface area contributed by atoms with Crippen molar-refractivity contribution in [2.45, 2.75) is 18.9 Å². The molecule has 3 aromatic rings. The number of aromatic amines is 1. The fourth-order valence-corrected chi connectivity index (χ4v) is 3.89. The highest BCUT2D eigenvalue weighted by Crippen LogP contribution is 2.44. The fourth-order valence-electron chi connectivity index (χ4n) is 3.89. The summed E-state index contributed by atoms with van der Waals surface area (Å²) >= 11 is 0. The summed E-state index contributed by atoms with van der Waals surface area (Å²) in [5.74, 6) is -1.84. The second-order valence-corrected chi connectivity index (χ2v) is 6.23. The van der Waals surface area contributed by atoms with Crippen LogP contribution in [-0.4, -0.2) is 33.4 Å². The minimum atomic E-state index is -0.923. The van der Waals surface area contributed by atoms with Crippen LogP contribution >= 0.6 is 0 Å². The number of carbonyl (C=O) groups excluding carboxylic acids is 1. The van der Waals surface area contributed by atoms with Crippen LogP contribution < -0.4 is 0 Å². The molecule has 2 heterocycles. The molecule has 1 aromatic heterocycles. The lowest BCUT2D eigenvalue weighted by atomic mass is 9.79. The Bertz CT molecular complexity index is 976. The zero-order valence-electron chi connectivity index (χ0n) is 13.8. The molecular weight excluding hydrogens is 316 g/mol. The number of fused-ring (bicyclic) bond motifs is 2. The van der Waals surface area contributed by atoms with Crippen molar-refractivity contribution >= 4 is 22.8 Å². The minimum Gasteiger partial charge on any atom is -0.481 e. The van der Waals surface area contributed by atoms with E-state index in [-0.39, 0.29) is 5.91 Å². The number of aromatic nitrogens is 1. The summed E-state index contributed by atoms with van der Waals surface area (Å²) in [5, 5.41) is 10.9. The Balaban J connectivity index is 1.98. The number of nitrogens with zero attached hydrogens (tertiary/aromatic N) is 1. The number of nitrogens with one attached hydrogen (secondary N) is 1. The van der Waals surface area contributed by atoms with Crippen LogP contribution in [0.3, 0.4) is 0 Å². The molecule has 0 unspecified atom stereocenters. The van der Waals surface area contributed by atoms with Crippen molar-refractivity contribution in [1.29, 1.82) is 0 Å². The summed E-state index contributed by atoms with van der Waals surface area (Å²) in [6.45, 7) is 2.33. The van der Waals surface area contributed by atoms with Gasteiger partial charge in [-0.2, -0.15) is 0 Å². The molecule has 0 spiro atoms. The highest BCUT2D eigenvalue weighted by Gasteiger charge is 2.44. The summed E-state index contributed by atoms with van der Waals surface area (Å²) in [6.07, 6.45) is 1.83. The van der Waals surface area contributed by atoms with Crippen molar-refractivity contribution in [3.05, 3.63) is 71.4 Å². The van der Waals surface area contributed by atoms with Crippen molar-refractivity contribution in [1.82, 2.24) is 9.88 Å². The number of carbonyl (C=O) groups is 2. The van der Waals surface area contributed by atoms with Gasteiger partial charge in [-0.3, -0.25) is 9.59 Å². The Labute approximate surface area is 144 Å². The standard InChI is InChI=1S/C20H18N2O3/c1-2-22-18(15-11-21-16-10-6-5-7-12(15)16)17(20(24)25)13-8-3-4-9-14(13)19(22)23/h3-11,17-18,21H,2H2,1H3,(H,24,25)/t17-,18+/m0/s1. The first-order valence-electron chi connectivity index (χ1n) is 8.32. The first-order valence-corrected chi connectivity index (χ1v) is 8.32.